The second-order valence-electron chi connectivity index (χ2n) is 10.8. The van der Waals surface area contributed by atoms with Crippen LogP contribution in [0.25, 0.3) is 32.2 Å². The molecule has 0 radical (unpaired) electrons. The lowest BCUT2D eigenvalue weighted by molar-refractivity contribution is -0.137. The fraction of sp³-hybridized carbons (Fsp3) is 0.281. The van der Waals surface area contributed by atoms with Gasteiger partial charge in [-0.15, -0.1) is 11.3 Å². The van der Waals surface area contributed by atoms with Gasteiger partial charge in [0.05, 0.1) is 50.0 Å². The van der Waals surface area contributed by atoms with Gasteiger partial charge >= 0.3 is 6.18 Å². The number of hydrogen-bond donors (Lipinski definition) is 0. The first-order valence-corrected chi connectivity index (χ1v) is 15.5. The van der Waals surface area contributed by atoms with Crippen molar-refractivity contribution in [1.82, 2.24) is 19.4 Å². The zero-order chi connectivity index (χ0) is 32.7. The molecule has 0 unspecified atom stereocenters. The summed E-state index contributed by atoms with van der Waals surface area (Å²) in [7, 11) is 1.87. The molecule has 0 atom stereocenters. The van der Waals surface area contributed by atoms with Gasteiger partial charge < -0.3 is 14.5 Å². The number of halogens is 4. The Morgan fingerprint density at radius 3 is 2.54 bits per heavy atom. The summed E-state index contributed by atoms with van der Waals surface area (Å²) >= 11 is 7.72. The third-order valence-corrected chi connectivity index (χ3v) is 9.26. The summed E-state index contributed by atoms with van der Waals surface area (Å²) < 4.78 is 51.2. The number of likely N-dealkylation sites (N-methyl/N-ethyl adjacent to an activating group) is 1. The van der Waals surface area contributed by atoms with Crippen molar-refractivity contribution in [3.05, 3.63) is 79.8 Å². The molecule has 2 aromatic carbocycles. The Bertz CT molecular complexity index is 2140. The number of anilines is 1. The summed E-state index contributed by atoms with van der Waals surface area (Å²) in [6, 6.07) is 11.8. The largest absolute Gasteiger partial charge is 0.491 e. The number of alkyl halides is 3. The summed E-state index contributed by atoms with van der Waals surface area (Å²) in [5, 5.41) is 21.7. The standard InChI is InChI=1S/C32H25ClF3N7O2S/c1-18-40-25-14-24(32(34,35)36)29(42-9-7-41(2)8-10-42)23(16-38)27(25)31(44)43(18)11-12-45-26-4-3-20(33)13-22(26)21-5-6-39-28-19(15-37)17-46-30(21)28/h3-6,13-14,17H,7-12H2,1-2H3. The van der Waals surface area contributed by atoms with E-state index in [9.17, 15) is 28.5 Å². The van der Waals surface area contributed by atoms with Crippen molar-refractivity contribution in [1.29, 1.82) is 10.5 Å². The molecule has 0 bridgehead atoms. The highest BCUT2D eigenvalue weighted by Gasteiger charge is 2.38. The summed E-state index contributed by atoms with van der Waals surface area (Å²) in [5.74, 6) is 0.647. The molecule has 4 heterocycles. The van der Waals surface area contributed by atoms with Crippen molar-refractivity contribution in [2.75, 3.05) is 44.7 Å². The van der Waals surface area contributed by atoms with E-state index in [0.29, 0.717) is 40.5 Å². The highest BCUT2D eigenvalue weighted by atomic mass is 35.5. The second kappa shape index (κ2) is 12.2. The predicted octanol–water partition coefficient (Wildman–Crippen LogP) is 6.23. The Morgan fingerprint density at radius 2 is 1.85 bits per heavy atom. The van der Waals surface area contributed by atoms with Gasteiger partial charge in [-0.05, 0) is 44.3 Å². The molecule has 1 fully saturated rings. The number of aromatic nitrogens is 3. The molecule has 1 aliphatic rings. The van der Waals surface area contributed by atoms with Crippen LogP contribution in [-0.4, -0.2) is 59.3 Å². The number of nitriles is 2. The quantitative estimate of drug-likeness (QED) is 0.210. The maximum atomic E-state index is 14.3. The number of aryl methyl sites for hydroxylation is 1. The molecule has 9 nitrogen and oxygen atoms in total. The number of rotatable bonds is 6. The molecule has 5 aromatic rings. The Balaban J connectivity index is 1.38. The Labute approximate surface area is 270 Å². The van der Waals surface area contributed by atoms with Crippen LogP contribution in [0.3, 0.4) is 0 Å². The third kappa shape index (κ3) is 5.62. The average molecular weight is 664 g/mol. The van der Waals surface area contributed by atoms with Crippen LogP contribution in [0.5, 0.6) is 5.75 Å². The maximum Gasteiger partial charge on any atom is 0.418 e. The fourth-order valence-electron chi connectivity index (χ4n) is 5.74. The zero-order valence-corrected chi connectivity index (χ0v) is 26.2. The minimum atomic E-state index is -4.76. The lowest BCUT2D eigenvalue weighted by atomic mass is 10.00. The van der Waals surface area contributed by atoms with Crippen LogP contribution in [0.1, 0.15) is 22.5 Å². The summed E-state index contributed by atoms with van der Waals surface area (Å²) in [4.78, 5) is 26.1. The van der Waals surface area contributed by atoms with Crippen LogP contribution >= 0.6 is 22.9 Å². The number of ether oxygens (including phenoxy) is 1. The van der Waals surface area contributed by atoms with Gasteiger partial charge in [-0.25, -0.2) is 4.98 Å². The minimum absolute atomic E-state index is 0.00147. The van der Waals surface area contributed by atoms with Crippen molar-refractivity contribution in [3.63, 3.8) is 0 Å². The molecule has 234 valence electrons. The van der Waals surface area contributed by atoms with Gasteiger partial charge in [0.25, 0.3) is 5.56 Å². The first-order valence-electron chi connectivity index (χ1n) is 14.2. The first-order chi connectivity index (χ1) is 22.0. The van der Waals surface area contributed by atoms with E-state index < -0.39 is 17.3 Å². The lowest BCUT2D eigenvalue weighted by Crippen LogP contribution is -2.45. The molecule has 46 heavy (non-hydrogen) atoms. The molecule has 0 aliphatic carbocycles. The van der Waals surface area contributed by atoms with Gasteiger partial charge in [-0.3, -0.25) is 14.3 Å². The van der Waals surface area contributed by atoms with E-state index in [4.69, 9.17) is 16.3 Å². The molecule has 0 N–H and O–H groups in total. The van der Waals surface area contributed by atoms with Crippen molar-refractivity contribution < 1.29 is 17.9 Å². The zero-order valence-electron chi connectivity index (χ0n) is 24.7. The number of pyridine rings is 1. The first kappa shape index (κ1) is 31.3. The van der Waals surface area contributed by atoms with Gasteiger partial charge in [-0.1, -0.05) is 11.6 Å². The SMILES string of the molecule is Cc1nc2cc(C(F)(F)F)c(N3CCN(C)CC3)c(C#N)c2c(=O)n1CCOc1ccc(Cl)cc1-c1ccnc2c(C#N)csc12. The molecule has 1 aliphatic heterocycles. The highest BCUT2D eigenvalue weighted by molar-refractivity contribution is 7.18. The number of benzene rings is 2. The summed E-state index contributed by atoms with van der Waals surface area (Å²) in [6.07, 6.45) is -3.15. The lowest BCUT2D eigenvalue weighted by Gasteiger charge is -2.36. The summed E-state index contributed by atoms with van der Waals surface area (Å²) in [5.41, 5.74) is 0.0391. The molecule has 6 rings (SSSR count). The number of piperazine rings is 1. The van der Waals surface area contributed by atoms with Gasteiger partial charge in [0.1, 0.15) is 30.3 Å². The van der Waals surface area contributed by atoms with E-state index in [-0.39, 0.29) is 54.2 Å². The molecule has 3 aromatic heterocycles. The maximum absolute atomic E-state index is 14.3. The number of thiophene rings is 1. The number of nitrogens with zero attached hydrogens (tertiary/aromatic N) is 7. The minimum Gasteiger partial charge on any atom is -0.491 e. The van der Waals surface area contributed by atoms with Crippen LogP contribution in [0, 0.1) is 29.6 Å². The number of hydrogen-bond acceptors (Lipinski definition) is 9. The Hall–Kier alpha value is -4.69. The second-order valence-corrected chi connectivity index (χ2v) is 12.2. The molecule has 14 heteroatoms. The van der Waals surface area contributed by atoms with Crippen molar-refractivity contribution >= 4 is 49.7 Å². The van der Waals surface area contributed by atoms with Gasteiger partial charge in [0.2, 0.25) is 0 Å². The van der Waals surface area contributed by atoms with Crippen LogP contribution < -0.4 is 15.2 Å². The predicted molar refractivity (Wildman–Crippen MR) is 170 cm³/mol. The summed E-state index contributed by atoms with van der Waals surface area (Å²) in [6.45, 7) is 3.11. The molecule has 1 saturated heterocycles. The molecular weight excluding hydrogens is 639 g/mol. The monoisotopic (exact) mass is 663 g/mol. The van der Waals surface area contributed by atoms with E-state index in [1.54, 1.807) is 35.8 Å². The van der Waals surface area contributed by atoms with E-state index >= 15 is 0 Å². The molecule has 0 saturated carbocycles. The number of fused-ring (bicyclic) bond motifs is 2. The van der Waals surface area contributed by atoms with Gasteiger partial charge in [0, 0.05) is 53.9 Å². The van der Waals surface area contributed by atoms with Gasteiger partial charge in [0.15, 0.2) is 0 Å². The normalized spacial score (nSPS) is 14.0. The van der Waals surface area contributed by atoms with Crippen molar-refractivity contribution in [2.45, 2.75) is 19.6 Å². The molecular formula is C32H25ClF3N7O2S. The van der Waals surface area contributed by atoms with Crippen LogP contribution in [-0.2, 0) is 12.7 Å². The van der Waals surface area contributed by atoms with Crippen molar-refractivity contribution in [2.24, 2.45) is 0 Å². The van der Waals surface area contributed by atoms with Crippen molar-refractivity contribution in [3.8, 4) is 29.0 Å². The average Bonchev–Trinajstić information content (AvgIpc) is 3.46. The van der Waals surface area contributed by atoms with Crippen LogP contribution in [0.2, 0.25) is 5.02 Å². The van der Waals surface area contributed by atoms with E-state index in [1.165, 1.54) is 27.7 Å². The topological polar surface area (TPSA) is 111 Å². The van der Waals surface area contributed by atoms with E-state index in [0.717, 1.165) is 16.3 Å². The van der Waals surface area contributed by atoms with E-state index in [1.807, 2.05) is 18.0 Å². The van der Waals surface area contributed by atoms with E-state index in [2.05, 4.69) is 16.0 Å². The Morgan fingerprint density at radius 1 is 1.09 bits per heavy atom. The van der Waals surface area contributed by atoms with Crippen LogP contribution in [0.15, 0.2) is 46.7 Å². The van der Waals surface area contributed by atoms with Gasteiger partial charge in [-0.2, -0.15) is 23.7 Å². The smallest absolute Gasteiger partial charge is 0.418 e. The van der Waals surface area contributed by atoms with Crippen LogP contribution in [0.4, 0.5) is 18.9 Å². The molecule has 0 spiro atoms. The third-order valence-electron chi connectivity index (χ3n) is 8.03. The fourth-order valence-corrected chi connectivity index (χ4v) is 6.89. The highest BCUT2D eigenvalue weighted by Crippen LogP contribution is 2.42. The Kier molecular flexibility index (Phi) is 8.33. The molecule has 0 amide bonds.